The second-order valence-corrected chi connectivity index (χ2v) is 8.53. The van der Waals surface area contributed by atoms with E-state index in [0.29, 0.717) is 11.3 Å². The number of aromatic amines is 1. The lowest BCUT2D eigenvalue weighted by Crippen LogP contribution is -2.64. The third-order valence-electron chi connectivity index (χ3n) is 6.00. The van der Waals surface area contributed by atoms with Crippen molar-refractivity contribution in [2.24, 2.45) is 5.73 Å². The molecule has 4 N–H and O–H groups in total. The fraction of sp³-hybridized carbons (Fsp3) is 0.185. The maximum Gasteiger partial charge on any atom is 0.344 e. The first-order valence-electron chi connectivity index (χ1n) is 11.3. The number of fused-ring (bicyclic) bond motifs is 1. The largest absolute Gasteiger partial charge is 0.479 e. The highest BCUT2D eigenvalue weighted by Crippen LogP contribution is 2.31. The van der Waals surface area contributed by atoms with E-state index in [4.69, 9.17) is 10.5 Å². The molecule has 0 fully saturated rings. The summed E-state index contributed by atoms with van der Waals surface area (Å²) in [6.07, 6.45) is 3.05. The first-order chi connectivity index (χ1) is 17.3. The van der Waals surface area contributed by atoms with E-state index >= 15 is 0 Å². The van der Waals surface area contributed by atoms with E-state index in [1.807, 2.05) is 30.3 Å². The molecule has 0 unspecified atom stereocenters. The molecule has 0 radical (unpaired) electrons. The van der Waals surface area contributed by atoms with Crippen LogP contribution in [0.1, 0.15) is 18.2 Å². The molecule has 9 heteroatoms. The number of carbonyl (C=O) groups is 3. The monoisotopic (exact) mass is 486 g/mol. The first kappa shape index (κ1) is 24.6. The van der Waals surface area contributed by atoms with Crippen molar-refractivity contribution in [2.75, 3.05) is 4.90 Å². The van der Waals surface area contributed by atoms with Gasteiger partial charge in [-0.05, 0) is 35.4 Å². The highest BCUT2D eigenvalue weighted by atomic mass is 16.5. The Bertz CT molecular complexity index is 1370. The van der Waals surface area contributed by atoms with Gasteiger partial charge in [-0.25, -0.2) is 14.6 Å². The van der Waals surface area contributed by atoms with Crippen molar-refractivity contribution in [3.8, 4) is 0 Å². The second kappa shape index (κ2) is 10.4. The number of nitrogens with zero attached hydrogens (tertiary/aromatic N) is 2. The third-order valence-corrected chi connectivity index (χ3v) is 6.00. The molecule has 9 nitrogen and oxygen atoms in total. The molecule has 0 aliphatic heterocycles. The van der Waals surface area contributed by atoms with Crippen LogP contribution in [0, 0.1) is 0 Å². The minimum atomic E-state index is -2.39. The molecule has 0 aliphatic carbocycles. The summed E-state index contributed by atoms with van der Waals surface area (Å²) < 4.78 is 5.41. The number of esters is 1. The number of hydrogen-bond donors (Lipinski definition) is 3. The van der Waals surface area contributed by atoms with Gasteiger partial charge in [0.25, 0.3) is 0 Å². The highest BCUT2D eigenvalue weighted by Gasteiger charge is 2.52. The van der Waals surface area contributed by atoms with Crippen LogP contribution in [0.3, 0.4) is 0 Å². The number of benzene rings is 3. The van der Waals surface area contributed by atoms with E-state index in [2.05, 4.69) is 9.97 Å². The number of ether oxygens (including phenoxy) is 1. The van der Waals surface area contributed by atoms with E-state index < -0.39 is 29.4 Å². The number of imidazole rings is 1. The van der Waals surface area contributed by atoms with Gasteiger partial charge in [0.1, 0.15) is 6.61 Å². The normalized spacial score (nSPS) is 13.5. The standard InChI is InChI=1S/C27H26N4O5/c1-27(25(33)34,26(35)36-16-18-7-3-2-4-8-18)31(24(32)23(28)14-21-15-29-17-30-21)22-12-11-19-9-5-6-10-20(19)13-22/h2-13,15,17,23H,14,16,28H2,1H3,(H,29,30)(H,33,34)/t23-,27+/m0/s1. The number of H-pyrrole nitrogens is 1. The fourth-order valence-electron chi connectivity index (χ4n) is 3.95. The average Bonchev–Trinajstić information content (AvgIpc) is 3.40. The van der Waals surface area contributed by atoms with Crippen LogP contribution in [0.15, 0.2) is 85.3 Å². The zero-order valence-corrected chi connectivity index (χ0v) is 19.6. The van der Waals surface area contributed by atoms with E-state index in [1.54, 1.807) is 42.5 Å². The zero-order chi connectivity index (χ0) is 25.7. The van der Waals surface area contributed by atoms with Crippen molar-refractivity contribution in [3.05, 3.63) is 96.6 Å². The molecule has 184 valence electrons. The summed E-state index contributed by atoms with van der Waals surface area (Å²) >= 11 is 0. The van der Waals surface area contributed by atoms with Gasteiger partial charge in [-0.2, -0.15) is 0 Å². The summed E-state index contributed by atoms with van der Waals surface area (Å²) in [6, 6.07) is 20.1. The molecule has 0 bridgehead atoms. The lowest BCUT2D eigenvalue weighted by Gasteiger charge is -2.37. The van der Waals surface area contributed by atoms with Gasteiger partial charge < -0.3 is 20.6 Å². The minimum Gasteiger partial charge on any atom is -0.479 e. The summed E-state index contributed by atoms with van der Waals surface area (Å²) in [6.45, 7) is 1.00. The molecule has 1 amide bonds. The van der Waals surface area contributed by atoms with Gasteiger partial charge >= 0.3 is 11.9 Å². The van der Waals surface area contributed by atoms with Gasteiger partial charge in [0.05, 0.1) is 12.4 Å². The molecule has 0 saturated heterocycles. The summed E-state index contributed by atoms with van der Waals surface area (Å²) in [5.41, 5.74) is 5.33. The number of nitrogens with two attached hydrogens (primary N) is 1. The first-order valence-corrected chi connectivity index (χ1v) is 11.3. The number of amides is 1. The maximum absolute atomic E-state index is 13.7. The number of carbonyl (C=O) groups excluding carboxylic acids is 2. The maximum atomic E-state index is 13.7. The lowest BCUT2D eigenvalue weighted by molar-refractivity contribution is -0.162. The number of anilines is 1. The molecule has 4 aromatic rings. The van der Waals surface area contributed by atoms with Crippen LogP contribution in [0.5, 0.6) is 0 Å². The van der Waals surface area contributed by atoms with E-state index in [0.717, 1.165) is 22.6 Å². The topological polar surface area (TPSA) is 139 Å². The van der Waals surface area contributed by atoms with E-state index in [9.17, 15) is 19.5 Å². The van der Waals surface area contributed by atoms with Gasteiger partial charge in [0.15, 0.2) is 0 Å². The predicted octanol–water partition coefficient (Wildman–Crippen LogP) is 3.05. The number of nitrogens with one attached hydrogen (secondary N) is 1. The average molecular weight is 487 g/mol. The van der Waals surface area contributed by atoms with Crippen LogP contribution in [-0.2, 0) is 32.1 Å². The molecule has 1 heterocycles. The van der Waals surface area contributed by atoms with Crippen molar-refractivity contribution in [3.63, 3.8) is 0 Å². The Kier molecular flexibility index (Phi) is 7.12. The molecular formula is C27H26N4O5. The van der Waals surface area contributed by atoms with Gasteiger partial charge in [-0.15, -0.1) is 0 Å². The van der Waals surface area contributed by atoms with Gasteiger partial charge in [0, 0.05) is 24.0 Å². The molecule has 0 spiro atoms. The SMILES string of the molecule is C[C@@](C(=O)O)(C(=O)OCc1ccccc1)N(C(=O)[C@@H](N)Cc1cnc[nH]1)c1ccc2ccccc2c1. The summed E-state index contributed by atoms with van der Waals surface area (Å²) in [5, 5.41) is 11.9. The number of carboxylic acid groups (broad SMARTS) is 1. The minimum absolute atomic E-state index is 0.0671. The molecule has 0 saturated carbocycles. The number of aromatic nitrogens is 2. The van der Waals surface area contributed by atoms with Crippen molar-refractivity contribution >= 4 is 34.3 Å². The van der Waals surface area contributed by atoms with Crippen LogP contribution in [0.25, 0.3) is 10.8 Å². The second-order valence-electron chi connectivity index (χ2n) is 8.53. The predicted molar refractivity (Wildman–Crippen MR) is 134 cm³/mol. The fourth-order valence-corrected chi connectivity index (χ4v) is 3.95. The van der Waals surface area contributed by atoms with Crippen molar-refractivity contribution in [1.29, 1.82) is 0 Å². The molecule has 0 aliphatic rings. The van der Waals surface area contributed by atoms with Crippen molar-refractivity contribution in [2.45, 2.75) is 31.5 Å². The Morgan fingerprint density at radius 1 is 1.06 bits per heavy atom. The number of rotatable bonds is 9. The van der Waals surface area contributed by atoms with Gasteiger partial charge in [-0.1, -0.05) is 60.7 Å². The lowest BCUT2D eigenvalue weighted by atomic mass is 9.96. The number of carboxylic acids is 1. The molecule has 4 rings (SSSR count). The summed E-state index contributed by atoms with van der Waals surface area (Å²) in [7, 11) is 0. The Morgan fingerprint density at radius 3 is 2.42 bits per heavy atom. The third kappa shape index (κ3) is 4.96. The molecule has 2 atom stereocenters. The van der Waals surface area contributed by atoms with Gasteiger partial charge in [0.2, 0.25) is 11.4 Å². The van der Waals surface area contributed by atoms with Crippen molar-refractivity contribution < 1.29 is 24.2 Å². The van der Waals surface area contributed by atoms with Crippen LogP contribution >= 0.6 is 0 Å². The smallest absolute Gasteiger partial charge is 0.344 e. The Hall–Kier alpha value is -4.50. The number of aliphatic carboxylic acids is 1. The van der Waals surface area contributed by atoms with E-state index in [-0.39, 0.29) is 18.7 Å². The summed E-state index contributed by atoms with van der Waals surface area (Å²) in [4.78, 5) is 47.5. The molecule has 1 aromatic heterocycles. The molecule has 3 aromatic carbocycles. The summed E-state index contributed by atoms with van der Waals surface area (Å²) in [5.74, 6) is -3.38. The number of hydrogen-bond acceptors (Lipinski definition) is 6. The van der Waals surface area contributed by atoms with Gasteiger partial charge in [-0.3, -0.25) is 9.69 Å². The molecule has 36 heavy (non-hydrogen) atoms. The Labute approximate surface area is 207 Å². The van der Waals surface area contributed by atoms with E-state index in [1.165, 1.54) is 12.5 Å². The van der Waals surface area contributed by atoms with Crippen LogP contribution in [-0.4, -0.2) is 44.5 Å². The Balaban J connectivity index is 1.75. The quantitative estimate of drug-likeness (QED) is 0.244. The molecular weight excluding hydrogens is 460 g/mol. The van der Waals surface area contributed by atoms with Crippen molar-refractivity contribution in [1.82, 2.24) is 9.97 Å². The van der Waals surface area contributed by atoms with Crippen LogP contribution < -0.4 is 10.6 Å². The van der Waals surface area contributed by atoms with Crippen LogP contribution in [0.2, 0.25) is 0 Å². The highest BCUT2D eigenvalue weighted by molar-refractivity contribution is 6.16. The zero-order valence-electron chi connectivity index (χ0n) is 19.6. The Morgan fingerprint density at radius 2 is 1.75 bits per heavy atom. The van der Waals surface area contributed by atoms with Crippen LogP contribution in [0.4, 0.5) is 5.69 Å².